The van der Waals surface area contributed by atoms with Crippen LogP contribution in [0, 0.1) is 11.3 Å². The van der Waals surface area contributed by atoms with E-state index in [2.05, 4.69) is 17.2 Å². The molecule has 2 N–H and O–H groups in total. The van der Waals surface area contributed by atoms with Crippen LogP contribution in [0.3, 0.4) is 0 Å². The number of carbonyl (C=O) groups excluding carboxylic acids is 4. The number of hydrogen-bond donors (Lipinski definition) is 2. The second kappa shape index (κ2) is 13.4. The van der Waals surface area contributed by atoms with Crippen LogP contribution in [-0.4, -0.2) is 66.2 Å². The number of esters is 1. The fourth-order valence-electron chi connectivity index (χ4n) is 5.27. The van der Waals surface area contributed by atoms with Crippen LogP contribution in [0.1, 0.15) is 59.9 Å². The molecule has 42 heavy (non-hydrogen) atoms. The lowest BCUT2D eigenvalue weighted by molar-refractivity contribution is -0.147. The minimum Gasteiger partial charge on any atom is -0.467 e. The van der Waals surface area contributed by atoms with Crippen molar-refractivity contribution in [1.82, 2.24) is 15.5 Å². The summed E-state index contributed by atoms with van der Waals surface area (Å²) in [5, 5.41) is 7.69. The molecule has 1 saturated heterocycles. The number of alkyl carbamates (subject to hydrolysis) is 1. The van der Waals surface area contributed by atoms with Gasteiger partial charge in [-0.15, -0.1) is 6.58 Å². The smallest absolute Gasteiger partial charge is 0.408 e. The van der Waals surface area contributed by atoms with Gasteiger partial charge in [0.1, 0.15) is 23.7 Å². The van der Waals surface area contributed by atoms with Gasteiger partial charge in [-0.2, -0.15) is 0 Å². The zero-order chi connectivity index (χ0) is 31.2. The maximum Gasteiger partial charge on any atom is 0.408 e. The van der Waals surface area contributed by atoms with Gasteiger partial charge in [0.15, 0.2) is 0 Å². The van der Waals surface area contributed by atoms with Crippen molar-refractivity contribution in [3.8, 4) is 0 Å². The summed E-state index contributed by atoms with van der Waals surface area (Å²) < 4.78 is 10.4. The van der Waals surface area contributed by atoms with Gasteiger partial charge in [-0.25, -0.2) is 9.59 Å². The molecule has 2 aromatic rings. The zero-order valence-electron chi connectivity index (χ0n) is 25.9. The minimum atomic E-state index is -0.947. The van der Waals surface area contributed by atoms with E-state index in [0.29, 0.717) is 19.4 Å². The fraction of sp³-hybridized carbons (Fsp3) is 0.515. The molecule has 0 aromatic heterocycles. The number of nitrogens with one attached hydrogen (secondary N) is 2. The predicted molar refractivity (Wildman–Crippen MR) is 163 cm³/mol. The maximum atomic E-state index is 14.0. The summed E-state index contributed by atoms with van der Waals surface area (Å²) >= 11 is 0. The van der Waals surface area contributed by atoms with Crippen molar-refractivity contribution in [1.29, 1.82) is 0 Å². The highest BCUT2D eigenvalue weighted by molar-refractivity contribution is 5.94. The highest BCUT2D eigenvalue weighted by Crippen LogP contribution is 2.31. The molecule has 2 aromatic carbocycles. The monoisotopic (exact) mass is 579 g/mol. The number of allylic oxidation sites excluding steroid dienone is 1. The molecule has 9 heteroatoms. The third kappa shape index (κ3) is 8.57. The van der Waals surface area contributed by atoms with E-state index in [9.17, 15) is 19.2 Å². The van der Waals surface area contributed by atoms with Crippen LogP contribution >= 0.6 is 0 Å². The molecule has 4 atom stereocenters. The maximum absolute atomic E-state index is 14.0. The Morgan fingerprint density at radius 2 is 1.69 bits per heavy atom. The highest BCUT2D eigenvalue weighted by atomic mass is 16.6. The number of rotatable bonds is 9. The van der Waals surface area contributed by atoms with Crippen LogP contribution < -0.4 is 10.6 Å². The molecule has 3 rings (SSSR count). The molecule has 1 aliphatic rings. The van der Waals surface area contributed by atoms with Gasteiger partial charge in [-0.05, 0) is 61.3 Å². The van der Waals surface area contributed by atoms with Gasteiger partial charge >= 0.3 is 12.1 Å². The Hall–Kier alpha value is -3.88. The summed E-state index contributed by atoms with van der Waals surface area (Å²) in [6.45, 7) is 14.9. The van der Waals surface area contributed by atoms with E-state index in [-0.39, 0.29) is 18.2 Å². The summed E-state index contributed by atoms with van der Waals surface area (Å²) in [4.78, 5) is 54.8. The molecule has 0 radical (unpaired) electrons. The fourth-order valence-corrected chi connectivity index (χ4v) is 5.27. The normalized spacial score (nSPS) is 18.6. The Morgan fingerprint density at radius 3 is 2.29 bits per heavy atom. The Kier molecular flexibility index (Phi) is 10.4. The molecule has 3 amide bonds. The van der Waals surface area contributed by atoms with E-state index in [1.54, 1.807) is 26.8 Å². The lowest BCUT2D eigenvalue weighted by Gasteiger charge is -2.36. The number of carbonyl (C=O) groups is 4. The second-order valence-corrected chi connectivity index (χ2v) is 13.0. The SMILES string of the molecule is C=CC[C@H]1C[C@@H](C(=O)N[C@@H](Cc2ccc3ccccc3c2)C(=O)OC)N(C(=O)[C@@H](NC(=O)OC(C)(C)C)C(C)(C)C)C1. The number of ether oxygens (including phenoxy) is 2. The van der Waals surface area contributed by atoms with E-state index in [4.69, 9.17) is 9.47 Å². The molecule has 228 valence electrons. The summed E-state index contributed by atoms with van der Waals surface area (Å²) in [5.41, 5.74) is -0.548. The first kappa shape index (κ1) is 32.6. The van der Waals surface area contributed by atoms with Gasteiger partial charge in [0.05, 0.1) is 7.11 Å². The number of amides is 3. The first-order valence-corrected chi connectivity index (χ1v) is 14.4. The van der Waals surface area contributed by atoms with Gasteiger partial charge in [0.25, 0.3) is 0 Å². The highest BCUT2D eigenvalue weighted by Gasteiger charge is 2.45. The summed E-state index contributed by atoms with van der Waals surface area (Å²) in [5.74, 6) is -1.41. The molecule has 9 nitrogen and oxygen atoms in total. The second-order valence-electron chi connectivity index (χ2n) is 13.0. The van der Waals surface area contributed by atoms with Gasteiger partial charge in [0, 0.05) is 13.0 Å². The van der Waals surface area contributed by atoms with Crippen LogP contribution in [0.15, 0.2) is 55.1 Å². The third-order valence-corrected chi connectivity index (χ3v) is 7.30. The van der Waals surface area contributed by atoms with Gasteiger partial charge in [0.2, 0.25) is 11.8 Å². The standard InChI is InChI=1S/C33H45N3O6/c1-9-12-22-19-26(36(20-22)29(38)27(32(2,3)4)35-31(40)42-33(5,6)7)28(37)34-25(30(39)41-8)18-21-15-16-23-13-10-11-14-24(23)17-21/h9-11,13-17,22,25-27H,1,12,18-20H2,2-8H3,(H,34,37)(H,35,40)/t22-,25-,26-,27+/m0/s1. The number of benzene rings is 2. The van der Waals surface area contributed by atoms with Crippen LogP contribution in [0.25, 0.3) is 10.8 Å². The lowest BCUT2D eigenvalue weighted by Crippen LogP contribution is -2.59. The first-order valence-electron chi connectivity index (χ1n) is 14.4. The third-order valence-electron chi connectivity index (χ3n) is 7.30. The van der Waals surface area contributed by atoms with E-state index in [1.807, 2.05) is 63.2 Å². The van der Waals surface area contributed by atoms with Crippen molar-refractivity contribution in [2.24, 2.45) is 11.3 Å². The summed E-state index contributed by atoms with van der Waals surface area (Å²) in [6.07, 6.45) is 2.30. The molecular weight excluding hydrogens is 534 g/mol. The van der Waals surface area contributed by atoms with Crippen LogP contribution in [-0.2, 0) is 30.3 Å². The topological polar surface area (TPSA) is 114 Å². The first-order chi connectivity index (χ1) is 19.6. The Bertz CT molecular complexity index is 1310. The van der Waals surface area contributed by atoms with Crippen molar-refractivity contribution in [2.45, 2.75) is 84.5 Å². The number of nitrogens with zero attached hydrogens (tertiary/aromatic N) is 1. The molecular formula is C33H45N3O6. The van der Waals surface area contributed by atoms with Crippen LogP contribution in [0.4, 0.5) is 4.79 Å². The Labute approximate surface area is 249 Å². The van der Waals surface area contributed by atoms with Crippen molar-refractivity contribution < 1.29 is 28.7 Å². The molecule has 0 bridgehead atoms. The Balaban J connectivity index is 1.85. The lowest BCUT2D eigenvalue weighted by atomic mass is 9.85. The largest absolute Gasteiger partial charge is 0.467 e. The molecule has 0 spiro atoms. The summed E-state index contributed by atoms with van der Waals surface area (Å²) in [7, 11) is 1.28. The molecule has 0 saturated carbocycles. The van der Waals surface area contributed by atoms with Gasteiger partial charge in [-0.1, -0.05) is 69.3 Å². The number of likely N-dealkylation sites (tertiary alicyclic amines) is 1. The quantitative estimate of drug-likeness (QED) is 0.327. The van der Waals surface area contributed by atoms with Gasteiger partial charge < -0.3 is 25.0 Å². The van der Waals surface area contributed by atoms with E-state index in [1.165, 1.54) is 12.0 Å². The number of methoxy groups -OCH3 is 1. The minimum absolute atomic E-state index is 0.00131. The van der Waals surface area contributed by atoms with Crippen molar-refractivity contribution >= 4 is 34.6 Å². The van der Waals surface area contributed by atoms with Gasteiger partial charge in [-0.3, -0.25) is 9.59 Å². The zero-order valence-corrected chi connectivity index (χ0v) is 25.9. The molecule has 0 unspecified atom stereocenters. The van der Waals surface area contributed by atoms with E-state index < -0.39 is 47.1 Å². The van der Waals surface area contributed by atoms with Crippen LogP contribution in [0.2, 0.25) is 0 Å². The predicted octanol–water partition coefficient (Wildman–Crippen LogP) is 4.77. The van der Waals surface area contributed by atoms with E-state index >= 15 is 0 Å². The molecule has 1 fully saturated rings. The average molecular weight is 580 g/mol. The van der Waals surface area contributed by atoms with Crippen molar-refractivity contribution in [3.05, 3.63) is 60.7 Å². The average Bonchev–Trinajstić information content (AvgIpc) is 3.33. The Morgan fingerprint density at radius 1 is 1.02 bits per heavy atom. The molecule has 1 aliphatic heterocycles. The number of hydrogen-bond acceptors (Lipinski definition) is 6. The van der Waals surface area contributed by atoms with Crippen molar-refractivity contribution in [2.75, 3.05) is 13.7 Å². The molecule has 0 aliphatic carbocycles. The van der Waals surface area contributed by atoms with Crippen molar-refractivity contribution in [3.63, 3.8) is 0 Å². The van der Waals surface area contributed by atoms with Crippen LogP contribution in [0.5, 0.6) is 0 Å². The number of fused-ring (bicyclic) bond motifs is 1. The summed E-state index contributed by atoms with van der Waals surface area (Å²) in [6, 6.07) is 11.1. The van der Waals surface area contributed by atoms with E-state index in [0.717, 1.165) is 16.3 Å². The molecule has 1 heterocycles.